The maximum absolute atomic E-state index is 11.5. The van der Waals surface area contributed by atoms with Crippen LogP contribution in [0.3, 0.4) is 0 Å². The van der Waals surface area contributed by atoms with E-state index in [1.807, 2.05) is 0 Å². The summed E-state index contributed by atoms with van der Waals surface area (Å²) in [7, 11) is 0. The minimum Gasteiger partial charge on any atom is -0.491 e. The highest BCUT2D eigenvalue weighted by atomic mass is 35.5. The van der Waals surface area contributed by atoms with Crippen LogP contribution in [-0.2, 0) is 4.79 Å². The molecule has 1 unspecified atom stereocenters. The van der Waals surface area contributed by atoms with Crippen LogP contribution in [0.2, 0.25) is 10.0 Å². The van der Waals surface area contributed by atoms with Crippen molar-refractivity contribution in [2.75, 3.05) is 6.61 Å². The van der Waals surface area contributed by atoms with Crippen molar-refractivity contribution in [1.82, 2.24) is 10.6 Å². The molecule has 1 aliphatic heterocycles. The summed E-state index contributed by atoms with van der Waals surface area (Å²) in [5.74, 6) is 0.0483. The van der Waals surface area contributed by atoms with E-state index in [4.69, 9.17) is 27.9 Å². The summed E-state index contributed by atoms with van der Waals surface area (Å²) >= 11 is 11.6. The zero-order valence-electron chi connectivity index (χ0n) is 9.42. The van der Waals surface area contributed by atoms with E-state index in [-0.39, 0.29) is 6.61 Å². The fourth-order valence-corrected chi connectivity index (χ4v) is 1.76. The van der Waals surface area contributed by atoms with Crippen LogP contribution in [0.5, 0.6) is 5.75 Å². The van der Waals surface area contributed by atoms with Crippen molar-refractivity contribution >= 4 is 35.1 Å². The molecule has 96 valence electrons. The van der Waals surface area contributed by atoms with Crippen LogP contribution in [-0.4, -0.2) is 24.1 Å². The third-order valence-corrected chi connectivity index (χ3v) is 3.28. The van der Waals surface area contributed by atoms with Crippen molar-refractivity contribution in [1.29, 1.82) is 0 Å². The molecule has 2 N–H and O–H groups in total. The Morgan fingerprint density at radius 2 is 2.00 bits per heavy atom. The molecule has 1 heterocycles. The van der Waals surface area contributed by atoms with Crippen molar-refractivity contribution < 1.29 is 14.3 Å². The first kappa shape index (κ1) is 13.0. The monoisotopic (exact) mass is 288 g/mol. The second kappa shape index (κ2) is 4.66. The Hall–Kier alpha value is -1.46. The van der Waals surface area contributed by atoms with Gasteiger partial charge in [0.05, 0.1) is 10.0 Å². The van der Waals surface area contributed by atoms with Crippen molar-refractivity contribution in [2.24, 2.45) is 0 Å². The standard InChI is InChI=1S/C11H10Cl2N2O3/c1-11(9(16)14-10(17)15-11)5-18-6-2-3-7(12)8(13)4-6/h2-4H,5H2,1H3,(H2,14,15,16,17). The second-order valence-electron chi connectivity index (χ2n) is 4.10. The lowest BCUT2D eigenvalue weighted by molar-refractivity contribution is -0.124. The van der Waals surface area contributed by atoms with E-state index in [1.54, 1.807) is 25.1 Å². The van der Waals surface area contributed by atoms with Gasteiger partial charge in [-0.1, -0.05) is 23.2 Å². The van der Waals surface area contributed by atoms with Gasteiger partial charge in [-0.15, -0.1) is 0 Å². The van der Waals surface area contributed by atoms with Crippen LogP contribution in [0.25, 0.3) is 0 Å². The molecular weight excluding hydrogens is 279 g/mol. The van der Waals surface area contributed by atoms with Gasteiger partial charge in [0, 0.05) is 6.07 Å². The number of urea groups is 1. The Bertz CT molecular complexity index is 521. The van der Waals surface area contributed by atoms with E-state index in [2.05, 4.69) is 10.6 Å². The van der Waals surface area contributed by atoms with Gasteiger partial charge < -0.3 is 10.1 Å². The topological polar surface area (TPSA) is 67.4 Å². The van der Waals surface area contributed by atoms with Crippen molar-refractivity contribution in [2.45, 2.75) is 12.5 Å². The first-order valence-electron chi connectivity index (χ1n) is 5.12. The largest absolute Gasteiger partial charge is 0.491 e. The molecule has 1 aromatic carbocycles. The van der Waals surface area contributed by atoms with Gasteiger partial charge in [0.15, 0.2) is 5.54 Å². The molecular formula is C11H10Cl2N2O3. The van der Waals surface area contributed by atoms with Gasteiger partial charge in [-0.3, -0.25) is 10.1 Å². The van der Waals surface area contributed by atoms with E-state index in [0.717, 1.165) is 0 Å². The van der Waals surface area contributed by atoms with E-state index < -0.39 is 17.5 Å². The third kappa shape index (κ3) is 2.52. The summed E-state index contributed by atoms with van der Waals surface area (Å²) in [6.07, 6.45) is 0. The number of imide groups is 1. The molecule has 0 aliphatic carbocycles. The molecule has 7 heteroatoms. The van der Waals surface area contributed by atoms with Gasteiger partial charge in [0.25, 0.3) is 5.91 Å². The Balaban J connectivity index is 2.05. The molecule has 0 radical (unpaired) electrons. The molecule has 1 aliphatic rings. The van der Waals surface area contributed by atoms with Gasteiger partial charge in [-0.2, -0.15) is 0 Å². The first-order valence-corrected chi connectivity index (χ1v) is 5.88. The quantitative estimate of drug-likeness (QED) is 0.836. The molecule has 0 bridgehead atoms. The lowest BCUT2D eigenvalue weighted by atomic mass is 10.1. The number of rotatable bonds is 3. The van der Waals surface area contributed by atoms with Crippen LogP contribution in [0.4, 0.5) is 4.79 Å². The Morgan fingerprint density at radius 1 is 1.28 bits per heavy atom. The lowest BCUT2D eigenvalue weighted by Gasteiger charge is -2.20. The highest BCUT2D eigenvalue weighted by Gasteiger charge is 2.42. The summed E-state index contributed by atoms with van der Waals surface area (Å²) in [6, 6.07) is 4.24. The van der Waals surface area contributed by atoms with E-state index >= 15 is 0 Å². The maximum atomic E-state index is 11.5. The van der Waals surface area contributed by atoms with E-state index in [1.165, 1.54) is 0 Å². The van der Waals surface area contributed by atoms with Crippen molar-refractivity contribution in [3.63, 3.8) is 0 Å². The average Bonchev–Trinajstić information content (AvgIpc) is 2.55. The Morgan fingerprint density at radius 3 is 2.56 bits per heavy atom. The number of carbonyl (C=O) groups excluding carboxylic acids is 2. The SMILES string of the molecule is CC1(COc2ccc(Cl)c(Cl)c2)NC(=O)NC1=O. The molecule has 1 fully saturated rings. The molecule has 1 atom stereocenters. The number of hydrogen-bond acceptors (Lipinski definition) is 3. The van der Waals surface area contributed by atoms with Gasteiger partial charge in [0.1, 0.15) is 12.4 Å². The highest BCUT2D eigenvalue weighted by molar-refractivity contribution is 6.42. The van der Waals surface area contributed by atoms with Gasteiger partial charge in [-0.05, 0) is 19.1 Å². The van der Waals surface area contributed by atoms with Crippen molar-refractivity contribution in [3.8, 4) is 5.75 Å². The minimum absolute atomic E-state index is 0.00251. The molecule has 0 saturated carbocycles. The first-order chi connectivity index (χ1) is 8.40. The van der Waals surface area contributed by atoms with E-state index in [9.17, 15) is 9.59 Å². The van der Waals surface area contributed by atoms with Gasteiger partial charge >= 0.3 is 6.03 Å². The third-order valence-electron chi connectivity index (χ3n) is 2.54. The number of hydrogen-bond donors (Lipinski definition) is 2. The number of ether oxygens (including phenoxy) is 1. The normalized spacial score (nSPS) is 22.6. The average molecular weight is 289 g/mol. The summed E-state index contributed by atoms with van der Waals surface area (Å²) in [5.41, 5.74) is -1.08. The Kier molecular flexibility index (Phi) is 3.36. The van der Waals surface area contributed by atoms with Crippen LogP contribution in [0, 0.1) is 0 Å². The number of amides is 3. The molecule has 0 aromatic heterocycles. The van der Waals surface area contributed by atoms with Crippen LogP contribution < -0.4 is 15.4 Å². The maximum Gasteiger partial charge on any atom is 0.322 e. The van der Waals surface area contributed by atoms with Crippen LogP contribution >= 0.6 is 23.2 Å². The highest BCUT2D eigenvalue weighted by Crippen LogP contribution is 2.26. The molecule has 1 aromatic rings. The van der Waals surface area contributed by atoms with Crippen molar-refractivity contribution in [3.05, 3.63) is 28.2 Å². The fourth-order valence-electron chi connectivity index (χ4n) is 1.48. The summed E-state index contributed by atoms with van der Waals surface area (Å²) in [4.78, 5) is 22.6. The Labute approximate surface area is 113 Å². The van der Waals surface area contributed by atoms with Crippen LogP contribution in [0.1, 0.15) is 6.92 Å². The molecule has 18 heavy (non-hydrogen) atoms. The van der Waals surface area contributed by atoms with E-state index in [0.29, 0.717) is 15.8 Å². The number of nitrogens with one attached hydrogen (secondary N) is 2. The zero-order chi connectivity index (χ0) is 13.3. The lowest BCUT2D eigenvalue weighted by Crippen LogP contribution is -2.48. The predicted octanol–water partition coefficient (Wildman–Crippen LogP) is 1.97. The van der Waals surface area contributed by atoms with Gasteiger partial charge in [-0.25, -0.2) is 4.79 Å². The summed E-state index contributed by atoms with van der Waals surface area (Å²) in [6.45, 7) is 1.58. The number of carbonyl (C=O) groups is 2. The second-order valence-corrected chi connectivity index (χ2v) is 4.92. The molecule has 5 nitrogen and oxygen atoms in total. The number of benzene rings is 1. The summed E-state index contributed by atoms with van der Waals surface area (Å²) < 4.78 is 5.43. The summed E-state index contributed by atoms with van der Waals surface area (Å²) in [5, 5.41) is 5.42. The molecule has 0 spiro atoms. The number of halogens is 2. The molecule has 1 saturated heterocycles. The van der Waals surface area contributed by atoms with Crippen LogP contribution in [0.15, 0.2) is 18.2 Å². The minimum atomic E-state index is -1.08. The van der Waals surface area contributed by atoms with Gasteiger partial charge in [0.2, 0.25) is 0 Å². The molecule has 3 amide bonds. The smallest absolute Gasteiger partial charge is 0.322 e. The fraction of sp³-hybridized carbons (Fsp3) is 0.273. The molecule has 2 rings (SSSR count). The predicted molar refractivity (Wildman–Crippen MR) is 67.0 cm³/mol. The zero-order valence-corrected chi connectivity index (χ0v) is 10.9.